The monoisotopic (exact) mass is 450 g/mol. The van der Waals surface area contributed by atoms with E-state index in [0.29, 0.717) is 92.5 Å². The third-order valence-corrected chi connectivity index (χ3v) is 3.34. The van der Waals surface area contributed by atoms with Crippen molar-refractivity contribution in [3.05, 3.63) is 12.7 Å². The molecule has 0 aromatic rings. The van der Waals surface area contributed by atoms with Crippen LogP contribution in [0.3, 0.4) is 0 Å². The minimum absolute atomic E-state index is 0.241. The molecule has 0 unspecified atom stereocenters. The predicted octanol–water partition coefficient (Wildman–Crippen LogP) is 2.02. The summed E-state index contributed by atoms with van der Waals surface area (Å²) in [4.78, 5) is 11.5. The topological polar surface area (TPSA) is 90.9 Å². The second kappa shape index (κ2) is 22.1. The zero-order valence-corrected chi connectivity index (χ0v) is 19.6. The zero-order chi connectivity index (χ0) is 23.0. The highest BCUT2D eigenvalue weighted by Gasteiger charge is 2.15. The quantitative estimate of drug-likeness (QED) is 0.132. The molecule has 0 rings (SSSR count). The van der Waals surface area contributed by atoms with Crippen LogP contribution in [-0.2, 0) is 42.7 Å². The first kappa shape index (κ1) is 29.9. The fraction of sp³-hybridized carbons (Fsp3) is 0.864. The smallest absolute Gasteiger partial charge is 0.308 e. The molecule has 0 aromatic heterocycles. The van der Waals surface area contributed by atoms with Crippen LogP contribution in [0.2, 0.25) is 0 Å². The van der Waals surface area contributed by atoms with Crippen molar-refractivity contribution in [1.82, 2.24) is 0 Å². The minimum atomic E-state index is -0.463. The van der Waals surface area contributed by atoms with Gasteiger partial charge in [0, 0.05) is 0 Å². The van der Waals surface area contributed by atoms with E-state index in [0.717, 1.165) is 0 Å². The lowest BCUT2D eigenvalue weighted by Crippen LogP contribution is -2.24. The summed E-state index contributed by atoms with van der Waals surface area (Å²) in [7, 11) is 0. The molecule has 0 saturated heterocycles. The van der Waals surface area contributed by atoms with Crippen molar-refractivity contribution in [3.63, 3.8) is 0 Å². The van der Waals surface area contributed by atoms with Gasteiger partial charge >= 0.3 is 5.97 Å². The molecule has 31 heavy (non-hydrogen) atoms. The Labute approximate surface area is 187 Å². The van der Waals surface area contributed by atoms with Crippen LogP contribution < -0.4 is 0 Å². The molecule has 0 amide bonds. The van der Waals surface area contributed by atoms with Gasteiger partial charge in [0.25, 0.3) is 0 Å². The molecule has 9 heteroatoms. The first-order chi connectivity index (χ1) is 15.0. The van der Waals surface area contributed by atoms with E-state index in [1.54, 1.807) is 6.08 Å². The van der Waals surface area contributed by atoms with Crippen LogP contribution >= 0.6 is 0 Å². The molecule has 0 radical (unpaired) electrons. The SMILES string of the molecule is C=CCOCCOCCOCCOCCOCCOCCOCCC(=O)OC(C)(C)C. The van der Waals surface area contributed by atoms with E-state index < -0.39 is 5.60 Å². The highest BCUT2D eigenvalue weighted by atomic mass is 16.6. The third-order valence-electron chi connectivity index (χ3n) is 3.34. The Morgan fingerprint density at radius 3 is 1.26 bits per heavy atom. The van der Waals surface area contributed by atoms with Gasteiger partial charge in [-0.05, 0) is 20.8 Å². The average Bonchev–Trinajstić information content (AvgIpc) is 2.70. The maximum Gasteiger partial charge on any atom is 0.308 e. The van der Waals surface area contributed by atoms with Gasteiger partial charge in [-0.2, -0.15) is 0 Å². The Kier molecular flexibility index (Phi) is 21.4. The summed E-state index contributed by atoms with van der Waals surface area (Å²) in [6.07, 6.45) is 1.95. The van der Waals surface area contributed by atoms with Crippen LogP contribution in [-0.4, -0.2) is 104 Å². The van der Waals surface area contributed by atoms with Crippen LogP contribution in [0.5, 0.6) is 0 Å². The average molecular weight is 451 g/mol. The van der Waals surface area contributed by atoms with Gasteiger partial charge in [0.2, 0.25) is 0 Å². The summed E-state index contributed by atoms with van der Waals surface area (Å²) >= 11 is 0. The van der Waals surface area contributed by atoms with Crippen molar-refractivity contribution < 1.29 is 42.7 Å². The van der Waals surface area contributed by atoms with Gasteiger partial charge in [0.1, 0.15) is 5.60 Å². The van der Waals surface area contributed by atoms with E-state index in [9.17, 15) is 4.79 Å². The molecule has 0 heterocycles. The molecule has 0 aliphatic rings. The lowest BCUT2D eigenvalue weighted by Gasteiger charge is -2.19. The van der Waals surface area contributed by atoms with Gasteiger partial charge in [0.15, 0.2) is 0 Å². The van der Waals surface area contributed by atoms with Gasteiger partial charge in [-0.3, -0.25) is 4.79 Å². The Bertz CT molecular complexity index is 410. The van der Waals surface area contributed by atoms with Gasteiger partial charge < -0.3 is 37.9 Å². The van der Waals surface area contributed by atoms with Crippen LogP contribution in [0.1, 0.15) is 27.2 Å². The summed E-state index contributed by atoms with van der Waals surface area (Å²) in [5.74, 6) is -0.259. The molecule has 9 nitrogen and oxygen atoms in total. The Morgan fingerprint density at radius 1 is 0.613 bits per heavy atom. The number of carbonyl (C=O) groups excluding carboxylic acids is 1. The van der Waals surface area contributed by atoms with Crippen LogP contribution in [0.25, 0.3) is 0 Å². The van der Waals surface area contributed by atoms with Crippen molar-refractivity contribution in [1.29, 1.82) is 0 Å². The maximum atomic E-state index is 11.5. The van der Waals surface area contributed by atoms with E-state index in [4.69, 9.17) is 37.9 Å². The molecule has 0 fully saturated rings. The zero-order valence-electron chi connectivity index (χ0n) is 19.6. The van der Waals surface area contributed by atoms with E-state index in [1.165, 1.54) is 0 Å². The molecule has 0 aliphatic heterocycles. The molecule has 0 aliphatic carbocycles. The molecular weight excluding hydrogens is 408 g/mol. The van der Waals surface area contributed by atoms with Gasteiger partial charge in [-0.15, -0.1) is 6.58 Å². The molecular formula is C22H42O9. The van der Waals surface area contributed by atoms with Gasteiger partial charge in [0.05, 0.1) is 98.9 Å². The molecule has 0 aromatic carbocycles. The van der Waals surface area contributed by atoms with Crippen molar-refractivity contribution in [2.24, 2.45) is 0 Å². The fourth-order valence-corrected chi connectivity index (χ4v) is 2.03. The number of hydrogen-bond donors (Lipinski definition) is 0. The predicted molar refractivity (Wildman–Crippen MR) is 116 cm³/mol. The number of esters is 1. The van der Waals surface area contributed by atoms with E-state index in [-0.39, 0.29) is 12.4 Å². The van der Waals surface area contributed by atoms with Crippen molar-refractivity contribution in [3.8, 4) is 0 Å². The van der Waals surface area contributed by atoms with Gasteiger partial charge in [-0.1, -0.05) is 6.08 Å². The number of hydrogen-bond acceptors (Lipinski definition) is 9. The lowest BCUT2D eigenvalue weighted by molar-refractivity contribution is -0.156. The summed E-state index contributed by atoms with van der Waals surface area (Å²) < 4.78 is 42.7. The number of rotatable bonds is 23. The summed E-state index contributed by atoms with van der Waals surface area (Å²) in [5.41, 5.74) is -0.463. The largest absolute Gasteiger partial charge is 0.460 e. The highest BCUT2D eigenvalue weighted by Crippen LogP contribution is 2.07. The molecule has 0 N–H and O–H groups in total. The Morgan fingerprint density at radius 2 is 0.935 bits per heavy atom. The number of carbonyl (C=O) groups is 1. The van der Waals surface area contributed by atoms with Crippen LogP contribution in [0.4, 0.5) is 0 Å². The third kappa shape index (κ3) is 26.9. The molecule has 0 spiro atoms. The fourth-order valence-electron chi connectivity index (χ4n) is 2.03. The molecule has 184 valence electrons. The van der Waals surface area contributed by atoms with Crippen LogP contribution in [0, 0.1) is 0 Å². The van der Waals surface area contributed by atoms with E-state index >= 15 is 0 Å². The van der Waals surface area contributed by atoms with Crippen molar-refractivity contribution >= 4 is 5.97 Å². The van der Waals surface area contributed by atoms with E-state index in [1.807, 2.05) is 20.8 Å². The standard InChI is InChI=1S/C22H42O9/c1-5-7-24-9-11-26-13-15-28-17-19-30-20-18-29-16-14-27-12-10-25-8-6-21(23)31-22(2,3)4/h5H,1,6-20H2,2-4H3. The second-order valence-electron chi connectivity index (χ2n) is 7.37. The normalized spacial score (nSPS) is 11.6. The van der Waals surface area contributed by atoms with Crippen LogP contribution in [0.15, 0.2) is 12.7 Å². The molecule has 0 saturated carbocycles. The van der Waals surface area contributed by atoms with Gasteiger partial charge in [-0.25, -0.2) is 0 Å². The lowest BCUT2D eigenvalue weighted by atomic mass is 10.2. The highest BCUT2D eigenvalue weighted by molar-refractivity contribution is 5.69. The molecule has 0 atom stereocenters. The van der Waals surface area contributed by atoms with Crippen molar-refractivity contribution in [2.75, 3.05) is 92.5 Å². The van der Waals surface area contributed by atoms with E-state index in [2.05, 4.69) is 6.58 Å². The Hall–Kier alpha value is -1.07. The maximum absolute atomic E-state index is 11.5. The summed E-state index contributed by atoms with van der Waals surface area (Å²) in [5, 5.41) is 0. The Balaban J connectivity index is 3.11. The summed E-state index contributed by atoms with van der Waals surface area (Å²) in [6, 6.07) is 0. The molecule has 0 bridgehead atoms. The van der Waals surface area contributed by atoms with Crippen molar-refractivity contribution in [2.45, 2.75) is 32.8 Å². The number of ether oxygens (including phenoxy) is 8. The minimum Gasteiger partial charge on any atom is -0.460 e. The summed E-state index contributed by atoms with van der Waals surface area (Å²) in [6.45, 7) is 16.0. The first-order valence-corrected chi connectivity index (χ1v) is 10.8. The second-order valence-corrected chi connectivity index (χ2v) is 7.37. The first-order valence-electron chi connectivity index (χ1n) is 10.8.